The molecule has 3 heteroatoms. The van der Waals surface area contributed by atoms with Gasteiger partial charge in [0.1, 0.15) is 5.75 Å². The average molecular weight is 327 g/mol. The van der Waals surface area contributed by atoms with Gasteiger partial charge < -0.3 is 9.84 Å². The van der Waals surface area contributed by atoms with E-state index in [9.17, 15) is 5.11 Å². The quantitative estimate of drug-likeness (QED) is 0.902. The Morgan fingerprint density at radius 3 is 2.79 bits per heavy atom. The molecular weight excluding hydrogens is 304 g/mol. The van der Waals surface area contributed by atoms with Crippen LogP contribution in [0.15, 0.2) is 22.7 Å². The fourth-order valence-electron chi connectivity index (χ4n) is 3.17. The summed E-state index contributed by atoms with van der Waals surface area (Å²) in [6.45, 7) is 4.39. The second-order valence-corrected chi connectivity index (χ2v) is 6.94. The van der Waals surface area contributed by atoms with Crippen molar-refractivity contribution in [2.75, 3.05) is 7.11 Å². The minimum absolute atomic E-state index is 0.340. The average Bonchev–Trinajstić information content (AvgIpc) is 2.34. The van der Waals surface area contributed by atoms with E-state index in [1.54, 1.807) is 7.11 Å². The summed E-state index contributed by atoms with van der Waals surface area (Å²) in [7, 11) is 1.68. The Morgan fingerprint density at radius 2 is 2.11 bits per heavy atom. The van der Waals surface area contributed by atoms with Crippen LogP contribution in [0, 0.1) is 11.8 Å². The van der Waals surface area contributed by atoms with Crippen molar-refractivity contribution in [2.45, 2.75) is 45.1 Å². The third-order valence-corrected chi connectivity index (χ3v) is 4.94. The highest BCUT2D eigenvalue weighted by atomic mass is 79.9. The van der Waals surface area contributed by atoms with Crippen molar-refractivity contribution in [3.8, 4) is 5.75 Å². The zero-order valence-corrected chi connectivity index (χ0v) is 13.5. The van der Waals surface area contributed by atoms with E-state index in [4.69, 9.17) is 4.74 Å². The van der Waals surface area contributed by atoms with Gasteiger partial charge in [0, 0.05) is 10.9 Å². The summed E-state index contributed by atoms with van der Waals surface area (Å²) in [5, 5.41) is 11.0. The predicted molar refractivity (Wildman–Crippen MR) is 81.5 cm³/mol. The largest absolute Gasteiger partial charge is 0.496 e. The number of ether oxygens (including phenoxy) is 1. The Hall–Kier alpha value is -0.540. The van der Waals surface area contributed by atoms with Gasteiger partial charge in [0.25, 0.3) is 0 Å². The molecule has 0 radical (unpaired) electrons. The van der Waals surface area contributed by atoms with Gasteiger partial charge >= 0.3 is 0 Å². The third kappa shape index (κ3) is 3.32. The monoisotopic (exact) mass is 326 g/mol. The molecule has 2 rings (SSSR count). The molecule has 1 aromatic rings. The van der Waals surface area contributed by atoms with Gasteiger partial charge in [-0.25, -0.2) is 0 Å². The van der Waals surface area contributed by atoms with Gasteiger partial charge in [-0.15, -0.1) is 0 Å². The Bertz CT molecular complexity index is 446. The van der Waals surface area contributed by atoms with E-state index in [1.165, 1.54) is 6.42 Å². The highest BCUT2D eigenvalue weighted by molar-refractivity contribution is 9.10. The molecule has 1 aliphatic carbocycles. The normalized spacial score (nSPS) is 31.2. The van der Waals surface area contributed by atoms with Crippen molar-refractivity contribution in [2.24, 2.45) is 11.8 Å². The van der Waals surface area contributed by atoms with Crippen molar-refractivity contribution >= 4 is 15.9 Å². The van der Waals surface area contributed by atoms with E-state index in [2.05, 4.69) is 35.8 Å². The maximum atomic E-state index is 11.0. The molecule has 3 unspecified atom stereocenters. The van der Waals surface area contributed by atoms with Crippen molar-refractivity contribution < 1.29 is 9.84 Å². The van der Waals surface area contributed by atoms with E-state index < -0.39 is 5.60 Å². The van der Waals surface area contributed by atoms with Crippen LogP contribution in [0.4, 0.5) is 0 Å². The second-order valence-electron chi connectivity index (χ2n) is 6.02. The van der Waals surface area contributed by atoms with E-state index >= 15 is 0 Å². The summed E-state index contributed by atoms with van der Waals surface area (Å²) < 4.78 is 6.45. The van der Waals surface area contributed by atoms with Crippen LogP contribution in [0.5, 0.6) is 5.75 Å². The van der Waals surface area contributed by atoms with E-state index in [1.807, 2.05) is 12.1 Å². The van der Waals surface area contributed by atoms with Gasteiger partial charge in [-0.3, -0.25) is 0 Å². The molecule has 0 spiro atoms. The summed E-state index contributed by atoms with van der Waals surface area (Å²) in [5.41, 5.74) is 0.478. The van der Waals surface area contributed by atoms with Crippen LogP contribution in [0.2, 0.25) is 0 Å². The summed E-state index contributed by atoms with van der Waals surface area (Å²) in [6.07, 6.45) is 3.87. The zero-order chi connectivity index (χ0) is 14.0. The highest BCUT2D eigenvalue weighted by Crippen LogP contribution is 2.40. The maximum absolute atomic E-state index is 11.0. The first-order valence-electron chi connectivity index (χ1n) is 6.99. The number of methoxy groups -OCH3 is 1. The predicted octanol–water partition coefficient (Wildman–Crippen LogP) is 4.19. The molecule has 0 heterocycles. The molecule has 1 fully saturated rings. The number of hydrogen-bond donors (Lipinski definition) is 1. The van der Waals surface area contributed by atoms with Crippen LogP contribution in [0.1, 0.15) is 38.7 Å². The first-order chi connectivity index (χ1) is 8.94. The van der Waals surface area contributed by atoms with Crippen molar-refractivity contribution in [3.05, 3.63) is 28.2 Å². The Balaban J connectivity index is 2.26. The van der Waals surface area contributed by atoms with Crippen LogP contribution < -0.4 is 4.74 Å². The number of halogens is 1. The molecule has 0 bridgehead atoms. The SMILES string of the molecule is COc1ccc(Br)cc1CC1(O)CC(C)CCC1C. The second kappa shape index (κ2) is 5.84. The lowest BCUT2D eigenvalue weighted by molar-refractivity contribution is -0.0563. The molecule has 1 saturated carbocycles. The minimum atomic E-state index is -0.605. The van der Waals surface area contributed by atoms with Gasteiger partial charge in [0.2, 0.25) is 0 Å². The molecule has 106 valence electrons. The number of aliphatic hydroxyl groups is 1. The third-order valence-electron chi connectivity index (χ3n) is 4.45. The van der Waals surface area contributed by atoms with E-state index in [0.29, 0.717) is 18.3 Å². The molecule has 0 aromatic heterocycles. The highest BCUT2D eigenvalue weighted by Gasteiger charge is 2.39. The Morgan fingerprint density at radius 1 is 1.37 bits per heavy atom. The maximum Gasteiger partial charge on any atom is 0.122 e. The Labute approximate surface area is 124 Å². The molecule has 1 aromatic carbocycles. The first-order valence-corrected chi connectivity index (χ1v) is 7.78. The van der Waals surface area contributed by atoms with Crippen LogP contribution in [0.25, 0.3) is 0 Å². The molecule has 0 saturated heterocycles. The van der Waals surface area contributed by atoms with Crippen LogP contribution in [-0.2, 0) is 6.42 Å². The summed E-state index contributed by atoms with van der Waals surface area (Å²) in [6, 6.07) is 5.99. The van der Waals surface area contributed by atoms with Crippen LogP contribution >= 0.6 is 15.9 Å². The molecule has 0 aliphatic heterocycles. The molecular formula is C16H23BrO2. The molecule has 3 atom stereocenters. The zero-order valence-electron chi connectivity index (χ0n) is 11.9. The van der Waals surface area contributed by atoms with Gasteiger partial charge in [0.15, 0.2) is 0 Å². The first kappa shape index (κ1) is 14.9. The summed E-state index contributed by atoms with van der Waals surface area (Å²) in [5.74, 6) is 1.80. The number of benzene rings is 1. The number of hydrogen-bond acceptors (Lipinski definition) is 2. The fraction of sp³-hybridized carbons (Fsp3) is 0.625. The molecule has 1 aliphatic rings. The summed E-state index contributed by atoms with van der Waals surface area (Å²) in [4.78, 5) is 0. The summed E-state index contributed by atoms with van der Waals surface area (Å²) >= 11 is 3.50. The van der Waals surface area contributed by atoms with Crippen molar-refractivity contribution in [1.82, 2.24) is 0 Å². The smallest absolute Gasteiger partial charge is 0.122 e. The minimum Gasteiger partial charge on any atom is -0.496 e. The van der Waals surface area contributed by atoms with Gasteiger partial charge in [-0.2, -0.15) is 0 Å². The lowest BCUT2D eigenvalue weighted by atomic mass is 9.69. The topological polar surface area (TPSA) is 29.5 Å². The molecule has 0 amide bonds. The standard InChI is InChI=1S/C16H23BrO2/c1-11-4-5-12(2)16(18,9-11)10-13-8-14(17)6-7-15(13)19-3/h6-8,11-12,18H,4-5,9-10H2,1-3H3. The lowest BCUT2D eigenvalue weighted by Crippen LogP contribution is -2.43. The van der Waals surface area contributed by atoms with Crippen molar-refractivity contribution in [1.29, 1.82) is 0 Å². The van der Waals surface area contributed by atoms with E-state index in [0.717, 1.165) is 28.6 Å². The van der Waals surface area contributed by atoms with E-state index in [-0.39, 0.29) is 0 Å². The van der Waals surface area contributed by atoms with Crippen LogP contribution in [-0.4, -0.2) is 17.8 Å². The number of rotatable bonds is 3. The Kier molecular flexibility index (Phi) is 4.57. The molecule has 19 heavy (non-hydrogen) atoms. The van der Waals surface area contributed by atoms with Gasteiger partial charge in [-0.05, 0) is 48.4 Å². The van der Waals surface area contributed by atoms with Crippen LogP contribution in [0.3, 0.4) is 0 Å². The fourth-order valence-corrected chi connectivity index (χ4v) is 3.58. The van der Waals surface area contributed by atoms with Gasteiger partial charge in [-0.1, -0.05) is 36.2 Å². The van der Waals surface area contributed by atoms with Crippen molar-refractivity contribution in [3.63, 3.8) is 0 Å². The lowest BCUT2D eigenvalue weighted by Gasteiger charge is -2.41. The molecule has 2 nitrogen and oxygen atoms in total. The molecule has 1 N–H and O–H groups in total. The van der Waals surface area contributed by atoms with Gasteiger partial charge in [0.05, 0.1) is 12.7 Å².